The van der Waals surface area contributed by atoms with Crippen LogP contribution >= 0.6 is 0 Å². The maximum Gasteiger partial charge on any atom is 0.267 e. The van der Waals surface area contributed by atoms with Gasteiger partial charge in [0, 0.05) is 18.4 Å². The topological polar surface area (TPSA) is 111 Å². The molecule has 0 aliphatic rings. The summed E-state index contributed by atoms with van der Waals surface area (Å²) in [5.74, 6) is -0.989. The van der Waals surface area contributed by atoms with Crippen molar-refractivity contribution in [3.8, 4) is 0 Å². The molecule has 0 fully saturated rings. The molecule has 0 unspecified atom stereocenters. The smallest absolute Gasteiger partial charge is 0.267 e. The van der Waals surface area contributed by atoms with Crippen LogP contribution < -0.4 is 16.8 Å². The number of anilines is 1. The second-order valence-electron chi connectivity index (χ2n) is 4.40. The molecule has 0 bridgehead atoms. The van der Waals surface area contributed by atoms with Crippen molar-refractivity contribution in [3.63, 3.8) is 0 Å². The van der Waals surface area contributed by atoms with Gasteiger partial charge in [-0.25, -0.2) is 0 Å². The minimum atomic E-state index is -0.670. The summed E-state index contributed by atoms with van der Waals surface area (Å²) in [5.41, 5.74) is 10.5. The van der Waals surface area contributed by atoms with Crippen molar-refractivity contribution in [2.75, 3.05) is 11.9 Å². The highest BCUT2D eigenvalue weighted by Crippen LogP contribution is 2.16. The Morgan fingerprint density at radius 3 is 2.59 bits per heavy atom. The van der Waals surface area contributed by atoms with Gasteiger partial charge in [-0.2, -0.15) is 0 Å². The number of hydrogen-bond acceptors (Lipinski definition) is 4. The minimum absolute atomic E-state index is 0.173. The van der Waals surface area contributed by atoms with Crippen molar-refractivity contribution >= 4 is 17.5 Å². The van der Waals surface area contributed by atoms with Crippen LogP contribution in [0.25, 0.3) is 0 Å². The molecule has 0 aliphatic heterocycles. The van der Waals surface area contributed by atoms with E-state index < -0.39 is 17.2 Å². The normalized spacial score (nSPS) is 10.9. The molecule has 5 N–H and O–H groups in total. The molecule has 17 heavy (non-hydrogen) atoms. The summed E-state index contributed by atoms with van der Waals surface area (Å²) in [4.78, 5) is 25.8. The van der Waals surface area contributed by atoms with Gasteiger partial charge in [0.1, 0.15) is 5.69 Å². The molecule has 0 aliphatic carbocycles. The van der Waals surface area contributed by atoms with Gasteiger partial charge >= 0.3 is 0 Å². The number of hydrogen-bond donors (Lipinski definition) is 3. The first-order valence-electron chi connectivity index (χ1n) is 5.12. The number of carbonyl (C=O) groups excluding carboxylic acids is 2. The molecule has 0 spiro atoms. The third kappa shape index (κ3) is 3.44. The van der Waals surface area contributed by atoms with E-state index in [1.807, 2.05) is 0 Å². The van der Waals surface area contributed by atoms with Crippen LogP contribution in [0.5, 0.6) is 0 Å². The fourth-order valence-electron chi connectivity index (χ4n) is 1.09. The van der Waals surface area contributed by atoms with Gasteiger partial charge in [-0.05, 0) is 26.0 Å². The zero-order valence-corrected chi connectivity index (χ0v) is 9.86. The molecular formula is C11H16N4O2. The Balaban J connectivity index is 2.73. The van der Waals surface area contributed by atoms with Gasteiger partial charge in [-0.15, -0.1) is 0 Å². The van der Waals surface area contributed by atoms with Crippen LogP contribution in [0.1, 0.15) is 24.3 Å². The van der Waals surface area contributed by atoms with Gasteiger partial charge in [0.05, 0.1) is 5.41 Å². The zero-order chi connectivity index (χ0) is 13.1. The van der Waals surface area contributed by atoms with Gasteiger partial charge < -0.3 is 16.8 Å². The predicted molar refractivity (Wildman–Crippen MR) is 64.2 cm³/mol. The standard InChI is InChI=1S/C11H16N4O2/c1-11(2,10(13)17)6-15-7-3-4-14-8(5-7)9(12)16/h3-5H,6H2,1-2H3,(H2,12,16)(H2,13,17)(H,14,15). The second-order valence-corrected chi connectivity index (χ2v) is 4.40. The van der Waals surface area contributed by atoms with Crippen molar-refractivity contribution in [1.82, 2.24) is 4.98 Å². The summed E-state index contributed by atoms with van der Waals surface area (Å²) < 4.78 is 0. The maximum absolute atomic E-state index is 11.1. The Morgan fingerprint density at radius 2 is 2.06 bits per heavy atom. The monoisotopic (exact) mass is 236 g/mol. The lowest BCUT2D eigenvalue weighted by atomic mass is 9.93. The van der Waals surface area contributed by atoms with Gasteiger partial charge in [0.15, 0.2) is 0 Å². The molecule has 1 aromatic heterocycles. The fourth-order valence-corrected chi connectivity index (χ4v) is 1.09. The van der Waals surface area contributed by atoms with Crippen molar-refractivity contribution in [2.24, 2.45) is 16.9 Å². The van der Waals surface area contributed by atoms with E-state index in [-0.39, 0.29) is 5.69 Å². The number of nitrogens with one attached hydrogen (secondary N) is 1. The average molecular weight is 236 g/mol. The van der Waals surface area contributed by atoms with Crippen molar-refractivity contribution in [1.29, 1.82) is 0 Å². The van der Waals surface area contributed by atoms with E-state index in [1.165, 1.54) is 12.3 Å². The van der Waals surface area contributed by atoms with Crippen LogP contribution in [0.4, 0.5) is 5.69 Å². The largest absolute Gasteiger partial charge is 0.384 e. The molecule has 0 radical (unpaired) electrons. The van der Waals surface area contributed by atoms with Crippen LogP contribution in [0.3, 0.4) is 0 Å². The number of aromatic nitrogens is 1. The Hall–Kier alpha value is -2.11. The van der Waals surface area contributed by atoms with E-state index in [1.54, 1.807) is 19.9 Å². The minimum Gasteiger partial charge on any atom is -0.384 e. The number of primary amides is 2. The summed E-state index contributed by atoms with van der Waals surface area (Å²) in [6.07, 6.45) is 1.47. The molecule has 1 heterocycles. The average Bonchev–Trinajstić information content (AvgIpc) is 2.26. The summed E-state index contributed by atoms with van der Waals surface area (Å²) in [6.45, 7) is 3.83. The molecule has 0 saturated heterocycles. The van der Waals surface area contributed by atoms with E-state index in [4.69, 9.17) is 11.5 Å². The van der Waals surface area contributed by atoms with Gasteiger partial charge in [-0.3, -0.25) is 14.6 Å². The van der Waals surface area contributed by atoms with Crippen LogP contribution in [0.15, 0.2) is 18.3 Å². The molecule has 0 atom stereocenters. The van der Waals surface area contributed by atoms with E-state index in [2.05, 4.69) is 10.3 Å². The van der Waals surface area contributed by atoms with Crippen LogP contribution in [0, 0.1) is 5.41 Å². The Morgan fingerprint density at radius 1 is 1.41 bits per heavy atom. The molecule has 2 amide bonds. The maximum atomic E-state index is 11.1. The van der Waals surface area contributed by atoms with Gasteiger partial charge in [0.25, 0.3) is 5.91 Å². The van der Waals surface area contributed by atoms with Crippen LogP contribution in [-0.4, -0.2) is 23.3 Å². The van der Waals surface area contributed by atoms with Crippen molar-refractivity contribution in [3.05, 3.63) is 24.0 Å². The Labute approximate surface area is 99.4 Å². The first kappa shape index (κ1) is 13.0. The lowest BCUT2D eigenvalue weighted by molar-refractivity contribution is -0.125. The first-order chi connectivity index (χ1) is 7.83. The molecule has 1 aromatic rings. The lowest BCUT2D eigenvalue weighted by Crippen LogP contribution is -2.37. The van der Waals surface area contributed by atoms with E-state index >= 15 is 0 Å². The fraction of sp³-hybridized carbons (Fsp3) is 0.364. The van der Waals surface area contributed by atoms with Crippen molar-refractivity contribution < 1.29 is 9.59 Å². The number of rotatable bonds is 5. The van der Waals surface area contributed by atoms with Crippen LogP contribution in [0.2, 0.25) is 0 Å². The highest BCUT2D eigenvalue weighted by molar-refractivity contribution is 5.91. The van der Waals surface area contributed by atoms with E-state index in [0.29, 0.717) is 12.2 Å². The number of nitrogens with zero attached hydrogens (tertiary/aromatic N) is 1. The summed E-state index contributed by atoms with van der Waals surface area (Å²) in [5, 5.41) is 3.01. The van der Waals surface area contributed by atoms with E-state index in [9.17, 15) is 9.59 Å². The molecule has 0 aromatic carbocycles. The van der Waals surface area contributed by atoms with Crippen molar-refractivity contribution in [2.45, 2.75) is 13.8 Å². The van der Waals surface area contributed by atoms with Gasteiger partial charge in [-0.1, -0.05) is 0 Å². The summed E-state index contributed by atoms with van der Waals surface area (Å²) >= 11 is 0. The SMILES string of the molecule is CC(C)(CNc1ccnc(C(N)=O)c1)C(N)=O. The molecule has 6 heteroatoms. The van der Waals surface area contributed by atoms with E-state index in [0.717, 1.165) is 0 Å². The molecule has 6 nitrogen and oxygen atoms in total. The first-order valence-corrected chi connectivity index (χ1v) is 5.12. The molecule has 92 valence electrons. The number of nitrogens with two attached hydrogens (primary N) is 2. The zero-order valence-electron chi connectivity index (χ0n) is 9.86. The Bertz CT molecular complexity index is 443. The number of carbonyl (C=O) groups is 2. The lowest BCUT2D eigenvalue weighted by Gasteiger charge is -2.21. The van der Waals surface area contributed by atoms with Crippen LogP contribution in [-0.2, 0) is 4.79 Å². The molecule has 1 rings (SSSR count). The summed E-state index contributed by atoms with van der Waals surface area (Å²) in [7, 11) is 0. The highest BCUT2D eigenvalue weighted by Gasteiger charge is 2.24. The third-order valence-electron chi connectivity index (χ3n) is 2.41. The number of amides is 2. The quantitative estimate of drug-likeness (QED) is 0.673. The highest BCUT2D eigenvalue weighted by atomic mass is 16.1. The third-order valence-corrected chi connectivity index (χ3v) is 2.41. The molecule has 0 saturated carbocycles. The van der Waals surface area contributed by atoms with Gasteiger partial charge in [0.2, 0.25) is 5.91 Å². The molecular weight excluding hydrogens is 220 g/mol. The summed E-state index contributed by atoms with van der Waals surface area (Å²) in [6, 6.07) is 3.21. The number of pyridine rings is 1. The second kappa shape index (κ2) is 4.82. The predicted octanol–water partition coefficient (Wildman–Crippen LogP) is 0.104. The Kier molecular flexibility index (Phi) is 3.67.